The van der Waals surface area contributed by atoms with Crippen LogP contribution in [-0.2, 0) is 4.57 Å². The topological polar surface area (TPSA) is 49.3 Å². The molecule has 0 aromatic carbocycles. The van der Waals surface area contributed by atoms with E-state index >= 15 is 0 Å². The molecule has 6 heavy (non-hydrogen) atoms. The van der Waals surface area contributed by atoms with Crippen LogP contribution in [0.3, 0.4) is 0 Å². The summed E-state index contributed by atoms with van der Waals surface area (Å²) < 4.78 is 8.51. The predicted octanol–water partition coefficient (Wildman–Crippen LogP) is -0.247. The minimum Gasteiger partial charge on any atom is -0.323 e. The molecule has 0 saturated heterocycles. The Labute approximate surface area is 38.7 Å². The van der Waals surface area contributed by atoms with Crippen LogP contribution in [0.1, 0.15) is 0 Å². The highest BCUT2D eigenvalue weighted by molar-refractivity contribution is 7.16. The van der Waals surface area contributed by atoms with Crippen molar-refractivity contribution >= 4 is 8.69 Å². The zero-order valence-electron chi connectivity index (χ0n) is 3.86. The van der Waals surface area contributed by atoms with Crippen molar-refractivity contribution in [3.8, 4) is 0 Å². The number of rotatable bonds is 0. The standard InChI is InChI=1S/C2H7N.HO2P/c2*1-3-2/h3H,1-2H3;3H/p+1. The summed E-state index contributed by atoms with van der Waals surface area (Å²) in [7, 11) is 2.58. The van der Waals surface area contributed by atoms with Crippen molar-refractivity contribution in [2.45, 2.75) is 0 Å². The summed E-state index contributed by atoms with van der Waals surface area (Å²) >= 11 is 0. The van der Waals surface area contributed by atoms with E-state index in [0.29, 0.717) is 0 Å². The van der Waals surface area contributed by atoms with Crippen LogP contribution in [0.2, 0.25) is 0 Å². The molecule has 0 saturated carbocycles. The van der Waals surface area contributed by atoms with Crippen LogP contribution in [0.4, 0.5) is 0 Å². The second-order valence-corrected chi connectivity index (χ2v) is 0.774. The lowest BCUT2D eigenvalue weighted by Gasteiger charge is -1.59. The third kappa shape index (κ3) is 91700. The van der Waals surface area contributed by atoms with Crippen molar-refractivity contribution in [1.29, 1.82) is 0 Å². The van der Waals surface area contributed by atoms with Gasteiger partial charge >= 0.3 is 8.69 Å². The first-order valence-electron chi connectivity index (χ1n) is 1.43. The molecule has 0 amide bonds. The van der Waals surface area contributed by atoms with Crippen molar-refractivity contribution in [3.63, 3.8) is 0 Å². The average molecular weight is 110 g/mol. The summed E-state index contributed by atoms with van der Waals surface area (Å²) in [6.07, 6.45) is 0. The Bertz CT molecular complexity index is 25.5. The van der Waals surface area contributed by atoms with Crippen LogP contribution in [0.5, 0.6) is 0 Å². The van der Waals surface area contributed by atoms with Gasteiger partial charge in [-0.15, -0.1) is 0 Å². The molecule has 0 rings (SSSR count). The van der Waals surface area contributed by atoms with E-state index in [2.05, 4.69) is 5.32 Å². The molecule has 0 bridgehead atoms. The molecule has 0 fully saturated rings. The Morgan fingerprint density at radius 2 is 1.67 bits per heavy atom. The molecule has 3 nitrogen and oxygen atoms in total. The molecule has 0 aromatic heterocycles. The zero-order valence-corrected chi connectivity index (χ0v) is 4.86. The van der Waals surface area contributed by atoms with Gasteiger partial charge in [-0.05, 0) is 18.7 Å². The summed E-state index contributed by atoms with van der Waals surface area (Å²) in [5, 5.41) is 2.75. The fourth-order valence-corrected chi connectivity index (χ4v) is 0. The van der Waals surface area contributed by atoms with Crippen molar-refractivity contribution < 1.29 is 9.46 Å². The van der Waals surface area contributed by atoms with Crippen molar-refractivity contribution in [2.24, 2.45) is 0 Å². The first kappa shape index (κ1) is 9.39. The maximum Gasteiger partial charge on any atom is 0.491 e. The molecule has 0 spiro atoms. The van der Waals surface area contributed by atoms with Crippen LogP contribution in [-0.4, -0.2) is 19.0 Å². The highest BCUT2D eigenvalue weighted by Gasteiger charge is 1.45. The molecule has 0 aromatic rings. The van der Waals surface area contributed by atoms with Gasteiger partial charge in [0.15, 0.2) is 0 Å². The van der Waals surface area contributed by atoms with Gasteiger partial charge in [0.2, 0.25) is 0 Å². The van der Waals surface area contributed by atoms with E-state index in [0.717, 1.165) is 0 Å². The zero-order chi connectivity index (χ0) is 5.41. The van der Waals surface area contributed by atoms with Crippen LogP contribution in [0.15, 0.2) is 0 Å². The van der Waals surface area contributed by atoms with Crippen molar-refractivity contribution in [2.75, 3.05) is 14.1 Å². The molecule has 0 heterocycles. The summed E-state index contributed by atoms with van der Waals surface area (Å²) in [6.45, 7) is 0. The first-order valence-corrected chi connectivity index (χ1v) is 2.28. The van der Waals surface area contributed by atoms with E-state index in [1.807, 2.05) is 14.1 Å². The minimum absolute atomic E-state index is 1.17. The fourth-order valence-electron chi connectivity index (χ4n) is 0. The number of nitrogens with one attached hydrogen (secondary N) is 1. The molecule has 0 aliphatic heterocycles. The molecule has 0 aliphatic carbocycles. The Morgan fingerprint density at radius 3 is 1.67 bits per heavy atom. The summed E-state index contributed by atoms with van der Waals surface area (Å²) in [6, 6.07) is 0. The van der Waals surface area contributed by atoms with Gasteiger partial charge in [-0.1, -0.05) is 0 Å². The van der Waals surface area contributed by atoms with Crippen LogP contribution in [0.25, 0.3) is 0 Å². The molecule has 4 heteroatoms. The Balaban J connectivity index is 0. The van der Waals surface area contributed by atoms with Gasteiger partial charge in [0.1, 0.15) is 0 Å². The molecule has 1 atom stereocenters. The molecule has 38 valence electrons. The quantitative estimate of drug-likeness (QED) is 0.423. The Kier molecular flexibility index (Phi) is 31.1. The fraction of sp³-hybridized carbons (Fsp3) is 1.00. The van der Waals surface area contributed by atoms with Gasteiger partial charge in [0.05, 0.1) is 0 Å². The van der Waals surface area contributed by atoms with Gasteiger partial charge in [0.25, 0.3) is 0 Å². The second-order valence-electron chi connectivity index (χ2n) is 0.591. The lowest BCUT2D eigenvalue weighted by Crippen LogP contribution is -1.89. The summed E-state index contributed by atoms with van der Waals surface area (Å²) in [4.78, 5) is 7.04. The smallest absolute Gasteiger partial charge is 0.323 e. The van der Waals surface area contributed by atoms with E-state index < -0.39 is 8.69 Å². The third-order valence-corrected chi connectivity index (χ3v) is 0. The van der Waals surface area contributed by atoms with Gasteiger partial charge in [-0.3, -0.25) is 0 Å². The second kappa shape index (κ2) is 19.9. The van der Waals surface area contributed by atoms with Crippen LogP contribution in [0, 0.1) is 0 Å². The van der Waals surface area contributed by atoms with E-state index in [1.54, 1.807) is 0 Å². The van der Waals surface area contributed by atoms with Gasteiger partial charge in [0, 0.05) is 0 Å². The van der Waals surface area contributed by atoms with Crippen molar-refractivity contribution in [1.82, 2.24) is 5.32 Å². The normalized spacial score (nSPS) is 6.50. The highest BCUT2D eigenvalue weighted by atomic mass is 31.1. The molecule has 0 aliphatic rings. The molecular formula is C2H9NO2P+. The largest absolute Gasteiger partial charge is 0.491 e. The average Bonchev–Trinajstić information content (AvgIpc) is 1.39. The number of hydrogen-bond acceptors (Lipinski definition) is 2. The first-order chi connectivity index (χ1) is 2.83. The molecule has 0 radical (unpaired) electrons. The lowest BCUT2D eigenvalue weighted by atomic mass is 11.3. The lowest BCUT2D eigenvalue weighted by molar-refractivity contribution is 0.524. The summed E-state index contributed by atoms with van der Waals surface area (Å²) in [5.74, 6) is 0. The van der Waals surface area contributed by atoms with Crippen LogP contribution >= 0.6 is 8.69 Å². The predicted molar refractivity (Wildman–Crippen MR) is 26.2 cm³/mol. The minimum atomic E-state index is -1.17. The van der Waals surface area contributed by atoms with E-state index in [4.69, 9.17) is 9.46 Å². The monoisotopic (exact) mass is 110 g/mol. The van der Waals surface area contributed by atoms with Crippen molar-refractivity contribution in [3.05, 3.63) is 0 Å². The van der Waals surface area contributed by atoms with Gasteiger partial charge in [-0.2, -0.15) is 4.89 Å². The van der Waals surface area contributed by atoms with E-state index in [1.165, 1.54) is 0 Å². The number of hydrogen-bond donors (Lipinski definition) is 2. The molecule has 1 unspecified atom stereocenters. The third-order valence-electron chi connectivity index (χ3n) is 0. The van der Waals surface area contributed by atoms with E-state index in [9.17, 15) is 0 Å². The molecular weight excluding hydrogens is 101 g/mol. The van der Waals surface area contributed by atoms with Gasteiger partial charge < -0.3 is 5.32 Å². The summed E-state index contributed by atoms with van der Waals surface area (Å²) in [5.41, 5.74) is 0. The Hall–Kier alpha value is 0.0200. The molecule has 2 N–H and O–H groups in total. The Morgan fingerprint density at radius 1 is 1.67 bits per heavy atom. The maximum atomic E-state index is 8.51. The van der Waals surface area contributed by atoms with E-state index in [-0.39, 0.29) is 0 Å². The van der Waals surface area contributed by atoms with Gasteiger partial charge in [-0.25, -0.2) is 0 Å². The SMILES string of the molecule is CNC.O=[PH+]O. The highest BCUT2D eigenvalue weighted by Crippen LogP contribution is 1.66. The maximum absolute atomic E-state index is 8.51. The van der Waals surface area contributed by atoms with Crippen LogP contribution < -0.4 is 5.32 Å².